The quantitative estimate of drug-likeness (QED) is 0.776. The highest BCUT2D eigenvalue weighted by Gasteiger charge is 2.41. The summed E-state index contributed by atoms with van der Waals surface area (Å²) < 4.78 is 5.83. The van der Waals surface area contributed by atoms with Crippen LogP contribution >= 0.6 is 0 Å². The van der Waals surface area contributed by atoms with Crippen LogP contribution in [0, 0.1) is 0 Å². The van der Waals surface area contributed by atoms with Crippen LogP contribution in [0.3, 0.4) is 0 Å². The third-order valence-corrected chi connectivity index (χ3v) is 5.72. The van der Waals surface area contributed by atoms with Gasteiger partial charge in [-0.3, -0.25) is 14.5 Å². The van der Waals surface area contributed by atoms with Crippen molar-refractivity contribution in [3.05, 3.63) is 54.6 Å². The predicted octanol–water partition coefficient (Wildman–Crippen LogP) is 4.38. The largest absolute Gasteiger partial charge is 0.457 e. The number of anilines is 1. The highest BCUT2D eigenvalue weighted by molar-refractivity contribution is 6.03. The zero-order valence-corrected chi connectivity index (χ0v) is 16.2. The minimum absolute atomic E-state index is 0.0160. The van der Waals surface area contributed by atoms with Gasteiger partial charge in [0.25, 0.3) is 0 Å². The number of hydrogen-bond acceptors (Lipinski definition) is 3. The van der Waals surface area contributed by atoms with Gasteiger partial charge in [0.05, 0.1) is 0 Å². The van der Waals surface area contributed by atoms with Crippen molar-refractivity contribution in [2.45, 2.75) is 51.1 Å². The summed E-state index contributed by atoms with van der Waals surface area (Å²) in [6.45, 7) is 2.93. The molecule has 2 fully saturated rings. The highest BCUT2D eigenvalue weighted by atomic mass is 16.5. The first kappa shape index (κ1) is 18.5. The number of carbonyl (C=O) groups excluding carboxylic acids is 2. The molecule has 2 heterocycles. The molecule has 0 spiro atoms. The van der Waals surface area contributed by atoms with E-state index < -0.39 is 0 Å². The minimum atomic E-state index is -0.388. The first-order valence-corrected chi connectivity index (χ1v) is 10.1. The Morgan fingerprint density at radius 3 is 2.46 bits per heavy atom. The van der Waals surface area contributed by atoms with Crippen LogP contribution in [0.2, 0.25) is 0 Å². The molecule has 0 aliphatic carbocycles. The lowest BCUT2D eigenvalue weighted by atomic mass is 10.1. The fourth-order valence-corrected chi connectivity index (χ4v) is 4.28. The molecule has 146 valence electrons. The van der Waals surface area contributed by atoms with E-state index in [2.05, 4.69) is 6.92 Å². The fraction of sp³-hybridized carbons (Fsp3) is 0.391. The molecule has 4 rings (SSSR count). The standard InChI is InChI=1S/C23H26N2O3/c1-2-17-7-6-16-24(17)23(27)21-14-15-22(26)25(21)18-10-12-20(13-11-18)28-19-8-4-3-5-9-19/h3-5,8-13,17,21H,2,6-7,14-16H2,1H3. The number of ether oxygens (including phenoxy) is 1. The van der Waals surface area contributed by atoms with Crippen molar-refractivity contribution < 1.29 is 14.3 Å². The van der Waals surface area contributed by atoms with Crippen LogP contribution < -0.4 is 9.64 Å². The average Bonchev–Trinajstić information content (AvgIpc) is 3.35. The summed E-state index contributed by atoms with van der Waals surface area (Å²) in [5.41, 5.74) is 0.758. The van der Waals surface area contributed by atoms with Crippen LogP contribution in [-0.2, 0) is 9.59 Å². The lowest BCUT2D eigenvalue weighted by molar-refractivity contribution is -0.134. The molecule has 0 bridgehead atoms. The van der Waals surface area contributed by atoms with Crippen molar-refractivity contribution in [1.82, 2.24) is 4.90 Å². The van der Waals surface area contributed by atoms with Gasteiger partial charge in [-0.1, -0.05) is 25.1 Å². The SMILES string of the molecule is CCC1CCCN1C(=O)C1CCC(=O)N1c1ccc(Oc2ccccc2)cc1. The number of likely N-dealkylation sites (tertiary alicyclic amines) is 1. The molecule has 0 aromatic heterocycles. The zero-order chi connectivity index (χ0) is 19.5. The Kier molecular flexibility index (Phi) is 5.33. The third-order valence-electron chi connectivity index (χ3n) is 5.72. The summed E-state index contributed by atoms with van der Waals surface area (Å²) >= 11 is 0. The van der Waals surface area contributed by atoms with E-state index in [9.17, 15) is 9.59 Å². The number of carbonyl (C=O) groups is 2. The molecule has 5 heteroatoms. The molecular formula is C23H26N2O3. The van der Waals surface area contributed by atoms with Crippen molar-refractivity contribution in [2.75, 3.05) is 11.4 Å². The van der Waals surface area contributed by atoms with Gasteiger partial charge in [0.2, 0.25) is 11.8 Å². The number of amides is 2. The Labute approximate surface area is 165 Å². The Hall–Kier alpha value is -2.82. The Morgan fingerprint density at radius 1 is 1.04 bits per heavy atom. The minimum Gasteiger partial charge on any atom is -0.457 e. The maximum absolute atomic E-state index is 13.2. The van der Waals surface area contributed by atoms with Crippen molar-refractivity contribution in [2.24, 2.45) is 0 Å². The summed E-state index contributed by atoms with van der Waals surface area (Å²) in [5.74, 6) is 1.58. The van der Waals surface area contributed by atoms with Crippen molar-refractivity contribution >= 4 is 17.5 Å². The molecular weight excluding hydrogens is 352 g/mol. The summed E-state index contributed by atoms with van der Waals surface area (Å²) in [7, 11) is 0. The lowest BCUT2D eigenvalue weighted by Crippen LogP contribution is -2.48. The number of para-hydroxylation sites is 1. The molecule has 2 unspecified atom stereocenters. The summed E-state index contributed by atoms with van der Waals surface area (Å²) in [6, 6.07) is 16.9. The zero-order valence-electron chi connectivity index (χ0n) is 16.2. The van der Waals surface area contributed by atoms with E-state index >= 15 is 0 Å². The number of benzene rings is 2. The van der Waals surface area contributed by atoms with Gasteiger partial charge in [-0.05, 0) is 62.1 Å². The molecule has 0 N–H and O–H groups in total. The van der Waals surface area contributed by atoms with Crippen LogP contribution in [0.15, 0.2) is 54.6 Å². The Balaban J connectivity index is 1.51. The molecule has 0 radical (unpaired) electrons. The topological polar surface area (TPSA) is 49.9 Å². The second-order valence-electron chi connectivity index (χ2n) is 7.46. The normalized spacial score (nSPS) is 22.0. The van der Waals surface area contributed by atoms with E-state index in [1.165, 1.54) is 0 Å². The summed E-state index contributed by atoms with van der Waals surface area (Å²) in [6.07, 6.45) is 4.10. The molecule has 2 amide bonds. The van der Waals surface area contributed by atoms with Gasteiger partial charge in [0.15, 0.2) is 0 Å². The fourth-order valence-electron chi connectivity index (χ4n) is 4.28. The smallest absolute Gasteiger partial charge is 0.246 e. The van der Waals surface area contributed by atoms with Gasteiger partial charge in [0, 0.05) is 24.7 Å². The molecule has 5 nitrogen and oxygen atoms in total. The van der Waals surface area contributed by atoms with Gasteiger partial charge >= 0.3 is 0 Å². The van der Waals surface area contributed by atoms with Crippen molar-refractivity contribution in [3.63, 3.8) is 0 Å². The first-order chi connectivity index (χ1) is 13.7. The van der Waals surface area contributed by atoms with Crippen LogP contribution in [0.1, 0.15) is 39.0 Å². The van der Waals surface area contributed by atoms with Crippen LogP contribution in [0.4, 0.5) is 5.69 Å². The molecule has 2 aliphatic rings. The first-order valence-electron chi connectivity index (χ1n) is 10.1. The van der Waals surface area contributed by atoms with Crippen LogP contribution in [-0.4, -0.2) is 35.3 Å². The average molecular weight is 378 g/mol. The van der Waals surface area contributed by atoms with Gasteiger partial charge in [0.1, 0.15) is 17.5 Å². The Bertz CT molecular complexity index is 835. The monoisotopic (exact) mass is 378 g/mol. The maximum Gasteiger partial charge on any atom is 0.246 e. The Morgan fingerprint density at radius 2 is 1.75 bits per heavy atom. The van der Waals surface area contributed by atoms with Crippen LogP contribution in [0.5, 0.6) is 11.5 Å². The number of hydrogen-bond donors (Lipinski definition) is 0. The van der Waals surface area contributed by atoms with E-state index in [-0.39, 0.29) is 17.9 Å². The maximum atomic E-state index is 13.2. The third kappa shape index (κ3) is 3.61. The van der Waals surface area contributed by atoms with E-state index in [4.69, 9.17) is 4.74 Å². The van der Waals surface area contributed by atoms with E-state index in [0.717, 1.165) is 37.2 Å². The molecule has 28 heavy (non-hydrogen) atoms. The van der Waals surface area contributed by atoms with Gasteiger partial charge in [-0.2, -0.15) is 0 Å². The van der Waals surface area contributed by atoms with E-state index in [1.807, 2.05) is 59.5 Å². The molecule has 2 saturated heterocycles. The van der Waals surface area contributed by atoms with Crippen molar-refractivity contribution in [3.8, 4) is 11.5 Å². The molecule has 2 aliphatic heterocycles. The number of rotatable bonds is 5. The van der Waals surface area contributed by atoms with E-state index in [1.54, 1.807) is 4.90 Å². The van der Waals surface area contributed by atoms with Crippen molar-refractivity contribution in [1.29, 1.82) is 0 Å². The van der Waals surface area contributed by atoms with E-state index in [0.29, 0.717) is 24.6 Å². The molecule has 2 atom stereocenters. The van der Waals surface area contributed by atoms with Gasteiger partial charge in [-0.15, -0.1) is 0 Å². The molecule has 0 saturated carbocycles. The lowest BCUT2D eigenvalue weighted by Gasteiger charge is -2.31. The highest BCUT2D eigenvalue weighted by Crippen LogP contribution is 2.32. The number of nitrogens with zero attached hydrogens (tertiary/aromatic N) is 2. The second-order valence-corrected chi connectivity index (χ2v) is 7.46. The second kappa shape index (κ2) is 8.05. The molecule has 2 aromatic rings. The van der Waals surface area contributed by atoms with Gasteiger partial charge < -0.3 is 9.64 Å². The van der Waals surface area contributed by atoms with Crippen LogP contribution in [0.25, 0.3) is 0 Å². The van der Waals surface area contributed by atoms with Gasteiger partial charge in [-0.25, -0.2) is 0 Å². The summed E-state index contributed by atoms with van der Waals surface area (Å²) in [4.78, 5) is 29.4. The summed E-state index contributed by atoms with van der Waals surface area (Å²) in [5, 5.41) is 0. The predicted molar refractivity (Wildman–Crippen MR) is 108 cm³/mol. The molecule has 2 aromatic carbocycles.